The zero-order chi connectivity index (χ0) is 22.8. The van der Waals surface area contributed by atoms with Gasteiger partial charge in [-0.25, -0.2) is 9.07 Å². The van der Waals surface area contributed by atoms with E-state index in [-0.39, 0.29) is 11.6 Å². The van der Waals surface area contributed by atoms with Gasteiger partial charge >= 0.3 is 0 Å². The van der Waals surface area contributed by atoms with Crippen molar-refractivity contribution in [2.75, 3.05) is 36.4 Å². The predicted octanol–water partition coefficient (Wildman–Crippen LogP) is 5.50. The zero-order valence-electron chi connectivity index (χ0n) is 17.8. The Morgan fingerprint density at radius 1 is 1.22 bits per heavy atom. The van der Waals surface area contributed by atoms with E-state index in [2.05, 4.69) is 15.3 Å². The molecule has 1 aromatic heterocycles. The highest BCUT2D eigenvalue weighted by Gasteiger charge is 2.21. The van der Waals surface area contributed by atoms with Crippen LogP contribution in [-0.4, -0.2) is 46.6 Å². The van der Waals surface area contributed by atoms with Crippen molar-refractivity contribution in [2.24, 2.45) is 0 Å². The largest absolute Gasteiger partial charge is 0.367 e. The number of carbonyl (C=O) groups is 1. The standard InChI is InChI=1S/C22H23ClFN5OS2/c1-14-3-5-17(12-18(14)23)25-21-26-29(22(31)32-21)13-27-7-9-28(10-8-27)20-6-4-16(15(2)30)11-19(20)24/h3-6,11-12H,7-10,13H2,1-2H3,(H,25,26). The first kappa shape index (κ1) is 22.8. The SMILES string of the molecule is CC(=O)c1ccc(N2CCN(Cn3nc(Nc4ccc(C)c(Cl)c4)sc3=S)CC2)c(F)c1. The molecule has 6 nitrogen and oxygen atoms in total. The summed E-state index contributed by atoms with van der Waals surface area (Å²) in [7, 11) is 0. The quantitative estimate of drug-likeness (QED) is 0.363. The summed E-state index contributed by atoms with van der Waals surface area (Å²) in [5.41, 5.74) is 2.80. The fourth-order valence-electron chi connectivity index (χ4n) is 3.54. The Kier molecular flexibility index (Phi) is 6.90. The molecule has 0 saturated carbocycles. The maximum Gasteiger partial charge on any atom is 0.209 e. The molecule has 1 N–H and O–H groups in total. The van der Waals surface area contributed by atoms with Crippen LogP contribution in [0.25, 0.3) is 0 Å². The lowest BCUT2D eigenvalue weighted by Crippen LogP contribution is -2.47. The molecule has 0 spiro atoms. The Labute approximate surface area is 200 Å². The second-order valence-corrected chi connectivity index (χ2v) is 9.76. The van der Waals surface area contributed by atoms with Crippen molar-refractivity contribution in [1.29, 1.82) is 0 Å². The number of piperazine rings is 1. The van der Waals surface area contributed by atoms with Gasteiger partial charge in [-0.1, -0.05) is 29.0 Å². The van der Waals surface area contributed by atoms with Gasteiger partial charge < -0.3 is 10.2 Å². The van der Waals surface area contributed by atoms with Crippen LogP contribution < -0.4 is 10.2 Å². The van der Waals surface area contributed by atoms with Gasteiger partial charge in [0.05, 0.1) is 12.4 Å². The Hall–Kier alpha value is -2.33. The van der Waals surface area contributed by atoms with Gasteiger partial charge in [-0.3, -0.25) is 9.69 Å². The molecule has 2 heterocycles. The van der Waals surface area contributed by atoms with Crippen LogP contribution in [-0.2, 0) is 6.67 Å². The van der Waals surface area contributed by atoms with Gasteiger partial charge in [0.25, 0.3) is 0 Å². The molecule has 10 heteroatoms. The number of nitrogens with zero attached hydrogens (tertiary/aromatic N) is 4. The number of carbonyl (C=O) groups excluding carboxylic acids is 1. The first-order valence-electron chi connectivity index (χ1n) is 10.2. The van der Waals surface area contributed by atoms with Crippen LogP contribution in [0.1, 0.15) is 22.8 Å². The summed E-state index contributed by atoms with van der Waals surface area (Å²) in [6.45, 7) is 6.84. The van der Waals surface area contributed by atoms with Gasteiger partial charge in [-0.05, 0) is 62.0 Å². The molecule has 1 aliphatic heterocycles. The molecule has 32 heavy (non-hydrogen) atoms. The summed E-state index contributed by atoms with van der Waals surface area (Å²) in [6.07, 6.45) is 0. The van der Waals surface area contributed by atoms with Crippen molar-refractivity contribution in [3.05, 3.63) is 62.3 Å². The summed E-state index contributed by atoms with van der Waals surface area (Å²) < 4.78 is 17.0. The number of Topliss-reactive ketones (excluding diaryl/α,β-unsaturated/α-hetero) is 1. The van der Waals surface area contributed by atoms with Crippen molar-refractivity contribution in [1.82, 2.24) is 14.7 Å². The molecule has 0 unspecified atom stereocenters. The van der Waals surface area contributed by atoms with Gasteiger partial charge in [0.2, 0.25) is 5.13 Å². The van der Waals surface area contributed by atoms with Crippen LogP contribution in [0, 0.1) is 16.7 Å². The van der Waals surface area contributed by atoms with Gasteiger partial charge in [0.15, 0.2) is 9.74 Å². The molecule has 1 fully saturated rings. The Bertz CT molecular complexity index is 1200. The Morgan fingerprint density at radius 3 is 2.62 bits per heavy atom. The van der Waals surface area contributed by atoms with E-state index in [0.29, 0.717) is 45.1 Å². The molecular formula is C22H23ClFN5OS2. The summed E-state index contributed by atoms with van der Waals surface area (Å²) in [5.74, 6) is -0.501. The molecule has 1 aliphatic rings. The third kappa shape index (κ3) is 5.17. The number of rotatable bonds is 6. The molecule has 0 radical (unpaired) electrons. The van der Waals surface area contributed by atoms with Crippen molar-refractivity contribution in [3.8, 4) is 0 Å². The number of aryl methyl sites for hydroxylation is 1. The van der Waals surface area contributed by atoms with Crippen molar-refractivity contribution in [3.63, 3.8) is 0 Å². The number of benzene rings is 2. The maximum absolute atomic E-state index is 14.5. The van der Waals surface area contributed by atoms with Crippen molar-refractivity contribution < 1.29 is 9.18 Å². The molecule has 4 rings (SSSR count). The summed E-state index contributed by atoms with van der Waals surface area (Å²) in [4.78, 5) is 15.7. The van der Waals surface area contributed by atoms with Gasteiger partial charge in [0, 0.05) is 42.5 Å². The van der Waals surface area contributed by atoms with Crippen LogP contribution in [0.3, 0.4) is 0 Å². The lowest BCUT2D eigenvalue weighted by Gasteiger charge is -2.36. The minimum atomic E-state index is -0.361. The molecule has 0 bridgehead atoms. The number of nitrogens with one attached hydrogen (secondary N) is 1. The lowest BCUT2D eigenvalue weighted by molar-refractivity contribution is 0.101. The Balaban J connectivity index is 1.37. The number of anilines is 3. The Morgan fingerprint density at radius 2 is 1.97 bits per heavy atom. The minimum absolute atomic E-state index is 0.139. The van der Waals surface area contributed by atoms with Crippen LogP contribution in [0.15, 0.2) is 36.4 Å². The third-order valence-corrected chi connectivity index (χ3v) is 7.06. The van der Waals surface area contributed by atoms with E-state index in [1.165, 1.54) is 24.3 Å². The van der Waals surface area contributed by atoms with E-state index >= 15 is 0 Å². The lowest BCUT2D eigenvalue weighted by atomic mass is 10.1. The normalized spacial score (nSPS) is 14.6. The molecule has 2 aromatic carbocycles. The predicted molar refractivity (Wildman–Crippen MR) is 131 cm³/mol. The van der Waals surface area contributed by atoms with E-state index in [1.807, 2.05) is 30.0 Å². The zero-order valence-corrected chi connectivity index (χ0v) is 20.2. The highest BCUT2D eigenvalue weighted by Crippen LogP contribution is 2.26. The van der Waals surface area contributed by atoms with E-state index in [0.717, 1.165) is 24.3 Å². The molecule has 0 atom stereocenters. The van der Waals surface area contributed by atoms with Crippen molar-refractivity contribution in [2.45, 2.75) is 20.5 Å². The third-order valence-electron chi connectivity index (χ3n) is 5.43. The molecule has 0 amide bonds. The first-order chi connectivity index (χ1) is 15.3. The monoisotopic (exact) mass is 491 g/mol. The summed E-state index contributed by atoms with van der Waals surface area (Å²) >= 11 is 13.1. The second-order valence-electron chi connectivity index (χ2n) is 7.73. The molecule has 1 saturated heterocycles. The van der Waals surface area contributed by atoms with Gasteiger partial charge in [-0.2, -0.15) is 0 Å². The molecular weight excluding hydrogens is 469 g/mol. The first-order valence-corrected chi connectivity index (χ1v) is 11.8. The van der Waals surface area contributed by atoms with Crippen molar-refractivity contribution >= 4 is 57.4 Å². The highest BCUT2D eigenvalue weighted by atomic mass is 35.5. The van der Waals surface area contributed by atoms with Crippen LogP contribution in [0.4, 0.5) is 20.9 Å². The second kappa shape index (κ2) is 9.66. The van der Waals surface area contributed by atoms with Gasteiger partial charge in [-0.15, -0.1) is 5.10 Å². The molecule has 0 aliphatic carbocycles. The fraction of sp³-hybridized carbons (Fsp3) is 0.318. The summed E-state index contributed by atoms with van der Waals surface area (Å²) in [6, 6.07) is 10.5. The number of ketones is 1. The minimum Gasteiger partial charge on any atom is -0.367 e. The number of aromatic nitrogens is 2. The summed E-state index contributed by atoms with van der Waals surface area (Å²) in [5, 5.41) is 9.27. The fourth-order valence-corrected chi connectivity index (χ4v) is 4.74. The van der Waals surface area contributed by atoms with Gasteiger partial charge in [0.1, 0.15) is 5.82 Å². The van der Waals surface area contributed by atoms with Crippen LogP contribution in [0.2, 0.25) is 5.02 Å². The van der Waals surface area contributed by atoms with Crippen LogP contribution in [0.5, 0.6) is 0 Å². The smallest absolute Gasteiger partial charge is 0.209 e. The average molecular weight is 492 g/mol. The molecule has 168 valence electrons. The van der Waals surface area contributed by atoms with Crippen LogP contribution >= 0.6 is 35.2 Å². The molecule has 3 aromatic rings. The van der Waals surface area contributed by atoms with E-state index in [1.54, 1.807) is 16.8 Å². The topological polar surface area (TPSA) is 53.4 Å². The average Bonchev–Trinajstić information content (AvgIpc) is 3.10. The number of hydrogen-bond acceptors (Lipinski definition) is 7. The maximum atomic E-state index is 14.5. The number of hydrogen-bond donors (Lipinski definition) is 1. The highest BCUT2D eigenvalue weighted by molar-refractivity contribution is 7.73. The van der Waals surface area contributed by atoms with E-state index in [4.69, 9.17) is 23.8 Å². The van der Waals surface area contributed by atoms with E-state index < -0.39 is 0 Å². The number of halogens is 2. The van der Waals surface area contributed by atoms with E-state index in [9.17, 15) is 9.18 Å².